The molecule has 3 heteroatoms. The lowest BCUT2D eigenvalue weighted by Crippen LogP contribution is -2.02. The lowest BCUT2D eigenvalue weighted by Gasteiger charge is -2.10. The summed E-state index contributed by atoms with van der Waals surface area (Å²) in [5, 5.41) is 0.482. The highest BCUT2D eigenvalue weighted by molar-refractivity contribution is 6.29. The second-order valence-corrected chi connectivity index (χ2v) is 4.19. The Morgan fingerprint density at radius 1 is 1.50 bits per heavy atom. The van der Waals surface area contributed by atoms with Gasteiger partial charge in [0.15, 0.2) is 0 Å². The van der Waals surface area contributed by atoms with Gasteiger partial charge in [-0.15, -0.1) is 0 Å². The average molecular weight is 214 g/mol. The molecule has 0 bridgehead atoms. The monoisotopic (exact) mass is 213 g/mol. The zero-order chi connectivity index (χ0) is 10.6. The number of rotatable bonds is 4. The van der Waals surface area contributed by atoms with Gasteiger partial charge in [-0.05, 0) is 19.3 Å². The molecule has 0 saturated carbocycles. The molecule has 2 nitrogen and oxygen atoms in total. The van der Waals surface area contributed by atoms with Crippen molar-refractivity contribution in [3.8, 4) is 5.75 Å². The lowest BCUT2D eigenvalue weighted by atomic mass is 10.1. The Hall–Kier alpha value is -0.760. The van der Waals surface area contributed by atoms with Crippen LogP contribution in [0.15, 0.2) is 12.3 Å². The maximum absolute atomic E-state index is 5.77. The Morgan fingerprint density at radius 3 is 2.86 bits per heavy atom. The van der Waals surface area contributed by atoms with Crippen molar-refractivity contribution >= 4 is 11.6 Å². The molecule has 1 aromatic heterocycles. The predicted octanol–water partition coefficient (Wildman–Crippen LogP) is 3.47. The molecule has 0 fully saturated rings. The van der Waals surface area contributed by atoms with E-state index in [1.165, 1.54) is 0 Å². The van der Waals surface area contributed by atoms with Gasteiger partial charge in [0.05, 0.1) is 6.61 Å². The Morgan fingerprint density at radius 2 is 2.21 bits per heavy atom. The van der Waals surface area contributed by atoms with Crippen LogP contribution in [-0.2, 0) is 0 Å². The summed E-state index contributed by atoms with van der Waals surface area (Å²) in [6.45, 7) is 7.05. The van der Waals surface area contributed by atoms with E-state index in [1.807, 2.05) is 6.92 Å². The summed E-state index contributed by atoms with van der Waals surface area (Å²) >= 11 is 5.77. The predicted molar refractivity (Wildman–Crippen MR) is 58.9 cm³/mol. The standard InChI is InChI=1S/C11H16ClNO/c1-8(2)4-5-14-10-6-11(12)13-7-9(10)3/h6-8H,4-5H2,1-3H3. The van der Waals surface area contributed by atoms with Gasteiger partial charge in [0.1, 0.15) is 10.9 Å². The first-order chi connectivity index (χ1) is 6.59. The van der Waals surface area contributed by atoms with E-state index in [2.05, 4.69) is 18.8 Å². The van der Waals surface area contributed by atoms with Gasteiger partial charge >= 0.3 is 0 Å². The molecule has 0 spiro atoms. The van der Waals surface area contributed by atoms with E-state index in [4.69, 9.17) is 16.3 Å². The third-order valence-electron chi connectivity index (χ3n) is 1.97. The first-order valence-corrected chi connectivity index (χ1v) is 5.22. The van der Waals surface area contributed by atoms with E-state index in [0.717, 1.165) is 24.3 Å². The van der Waals surface area contributed by atoms with Crippen molar-refractivity contribution in [1.29, 1.82) is 0 Å². The third kappa shape index (κ3) is 3.54. The molecule has 0 aliphatic heterocycles. The largest absolute Gasteiger partial charge is 0.493 e. The van der Waals surface area contributed by atoms with Crippen molar-refractivity contribution < 1.29 is 4.74 Å². The average Bonchev–Trinajstić information content (AvgIpc) is 2.10. The zero-order valence-corrected chi connectivity index (χ0v) is 9.64. The summed E-state index contributed by atoms with van der Waals surface area (Å²) in [5.41, 5.74) is 1.03. The first kappa shape index (κ1) is 11.3. The number of pyridine rings is 1. The van der Waals surface area contributed by atoms with Gasteiger partial charge in [-0.25, -0.2) is 4.98 Å². The first-order valence-electron chi connectivity index (χ1n) is 4.84. The van der Waals surface area contributed by atoms with Crippen molar-refractivity contribution in [2.75, 3.05) is 6.61 Å². The molecule has 0 aromatic carbocycles. The van der Waals surface area contributed by atoms with E-state index in [-0.39, 0.29) is 0 Å². The molecule has 0 aliphatic carbocycles. The third-order valence-corrected chi connectivity index (χ3v) is 2.18. The summed E-state index contributed by atoms with van der Waals surface area (Å²) < 4.78 is 5.60. The minimum Gasteiger partial charge on any atom is -0.493 e. The number of ether oxygens (including phenoxy) is 1. The number of hydrogen-bond donors (Lipinski definition) is 0. The number of aromatic nitrogens is 1. The fourth-order valence-electron chi connectivity index (χ4n) is 1.04. The summed E-state index contributed by atoms with van der Waals surface area (Å²) in [7, 11) is 0. The molecular formula is C11H16ClNO. The van der Waals surface area contributed by atoms with E-state index >= 15 is 0 Å². The maximum Gasteiger partial charge on any atom is 0.132 e. The highest BCUT2D eigenvalue weighted by atomic mass is 35.5. The molecule has 14 heavy (non-hydrogen) atoms. The van der Waals surface area contributed by atoms with Crippen LogP contribution in [0.4, 0.5) is 0 Å². The molecule has 1 heterocycles. The molecule has 0 unspecified atom stereocenters. The Balaban J connectivity index is 2.53. The Bertz CT molecular complexity index is 299. The second-order valence-electron chi connectivity index (χ2n) is 3.80. The van der Waals surface area contributed by atoms with Crippen LogP contribution in [0.2, 0.25) is 5.15 Å². The lowest BCUT2D eigenvalue weighted by molar-refractivity contribution is 0.287. The van der Waals surface area contributed by atoms with Crippen LogP contribution >= 0.6 is 11.6 Å². The van der Waals surface area contributed by atoms with Crippen LogP contribution in [0, 0.1) is 12.8 Å². The van der Waals surface area contributed by atoms with Gasteiger partial charge in [-0.2, -0.15) is 0 Å². The van der Waals surface area contributed by atoms with E-state index in [0.29, 0.717) is 11.1 Å². The Kier molecular flexibility index (Phi) is 4.21. The van der Waals surface area contributed by atoms with Crippen molar-refractivity contribution in [2.24, 2.45) is 5.92 Å². The molecule has 0 atom stereocenters. The fraction of sp³-hybridized carbons (Fsp3) is 0.545. The van der Waals surface area contributed by atoms with Gasteiger partial charge in [-0.1, -0.05) is 25.4 Å². The number of hydrogen-bond acceptors (Lipinski definition) is 2. The highest BCUT2D eigenvalue weighted by Gasteiger charge is 2.02. The summed E-state index contributed by atoms with van der Waals surface area (Å²) in [6.07, 6.45) is 2.78. The van der Waals surface area contributed by atoms with Crippen LogP contribution in [0.1, 0.15) is 25.8 Å². The summed E-state index contributed by atoms with van der Waals surface area (Å²) in [5.74, 6) is 1.50. The van der Waals surface area contributed by atoms with E-state index < -0.39 is 0 Å². The van der Waals surface area contributed by atoms with Crippen LogP contribution in [0.3, 0.4) is 0 Å². The molecule has 0 N–H and O–H groups in total. The number of nitrogens with zero attached hydrogens (tertiary/aromatic N) is 1. The molecule has 1 aromatic rings. The molecule has 78 valence electrons. The van der Waals surface area contributed by atoms with Gasteiger partial charge < -0.3 is 4.74 Å². The maximum atomic E-state index is 5.77. The molecule has 0 radical (unpaired) electrons. The molecule has 1 rings (SSSR count). The van der Waals surface area contributed by atoms with Crippen molar-refractivity contribution in [3.63, 3.8) is 0 Å². The van der Waals surface area contributed by atoms with Crippen LogP contribution in [0.25, 0.3) is 0 Å². The SMILES string of the molecule is Cc1cnc(Cl)cc1OCCC(C)C. The highest BCUT2D eigenvalue weighted by Crippen LogP contribution is 2.20. The van der Waals surface area contributed by atoms with Crippen LogP contribution in [-0.4, -0.2) is 11.6 Å². The fourth-order valence-corrected chi connectivity index (χ4v) is 1.19. The zero-order valence-electron chi connectivity index (χ0n) is 8.88. The molecule has 0 aliphatic rings. The quantitative estimate of drug-likeness (QED) is 0.715. The van der Waals surface area contributed by atoms with Gasteiger partial charge in [0.25, 0.3) is 0 Å². The number of aryl methyl sites for hydroxylation is 1. The minimum absolute atomic E-state index is 0.482. The topological polar surface area (TPSA) is 22.1 Å². The molecule has 0 saturated heterocycles. The van der Waals surface area contributed by atoms with Crippen LogP contribution < -0.4 is 4.74 Å². The summed E-state index contributed by atoms with van der Waals surface area (Å²) in [4.78, 5) is 3.97. The van der Waals surface area contributed by atoms with Gasteiger partial charge in [0.2, 0.25) is 0 Å². The van der Waals surface area contributed by atoms with Gasteiger partial charge in [0, 0.05) is 17.8 Å². The van der Waals surface area contributed by atoms with Gasteiger partial charge in [-0.3, -0.25) is 0 Å². The van der Waals surface area contributed by atoms with Crippen molar-refractivity contribution in [3.05, 3.63) is 23.0 Å². The minimum atomic E-state index is 0.482. The van der Waals surface area contributed by atoms with E-state index in [1.54, 1.807) is 12.3 Å². The Labute approximate surface area is 90.3 Å². The summed E-state index contributed by atoms with van der Waals surface area (Å²) in [6, 6.07) is 1.76. The van der Waals surface area contributed by atoms with Crippen molar-refractivity contribution in [2.45, 2.75) is 27.2 Å². The second kappa shape index (κ2) is 5.20. The molecular weight excluding hydrogens is 198 g/mol. The molecule has 0 amide bonds. The number of halogens is 1. The van der Waals surface area contributed by atoms with Crippen molar-refractivity contribution in [1.82, 2.24) is 4.98 Å². The van der Waals surface area contributed by atoms with E-state index in [9.17, 15) is 0 Å². The normalized spacial score (nSPS) is 10.6. The van der Waals surface area contributed by atoms with Crippen LogP contribution in [0.5, 0.6) is 5.75 Å². The smallest absolute Gasteiger partial charge is 0.132 e.